The highest BCUT2D eigenvalue weighted by Gasteiger charge is 1.99. The van der Waals surface area contributed by atoms with E-state index in [9.17, 15) is 0 Å². The molecule has 18 heavy (non-hydrogen) atoms. The third-order valence-electron chi connectivity index (χ3n) is 2.52. The van der Waals surface area contributed by atoms with Crippen molar-refractivity contribution in [3.05, 3.63) is 58.1 Å². The van der Waals surface area contributed by atoms with Gasteiger partial charge >= 0.3 is 0 Å². The standard InChI is InChI=1S/C14H13Cl2NS/c1-18-14-4-2-10(3-5-14)9-17-13-7-11(15)6-12(16)8-13/h2-8,17H,9H2,1H3. The number of halogens is 2. The van der Waals surface area contributed by atoms with Crippen LogP contribution in [0.3, 0.4) is 0 Å². The Kier molecular flexibility index (Phi) is 4.81. The molecular formula is C14H13Cl2NS. The number of thioether (sulfide) groups is 1. The Balaban J connectivity index is 2.01. The summed E-state index contributed by atoms with van der Waals surface area (Å²) in [6, 6.07) is 13.9. The van der Waals surface area contributed by atoms with Crippen LogP contribution in [0, 0.1) is 0 Å². The minimum absolute atomic E-state index is 0.641. The van der Waals surface area contributed by atoms with E-state index < -0.39 is 0 Å². The van der Waals surface area contributed by atoms with E-state index in [0.29, 0.717) is 10.0 Å². The molecule has 0 bridgehead atoms. The van der Waals surface area contributed by atoms with Crippen LogP contribution in [0.25, 0.3) is 0 Å². The summed E-state index contributed by atoms with van der Waals surface area (Å²) in [6.45, 7) is 0.755. The van der Waals surface area contributed by atoms with Crippen molar-refractivity contribution in [3.8, 4) is 0 Å². The molecule has 0 unspecified atom stereocenters. The van der Waals surface area contributed by atoms with Gasteiger partial charge in [0.2, 0.25) is 0 Å². The number of rotatable bonds is 4. The van der Waals surface area contributed by atoms with Crippen LogP contribution in [0.1, 0.15) is 5.56 Å². The molecule has 0 amide bonds. The van der Waals surface area contributed by atoms with E-state index in [1.807, 2.05) is 12.1 Å². The lowest BCUT2D eigenvalue weighted by Crippen LogP contribution is -1.99. The number of anilines is 1. The predicted octanol–water partition coefficient (Wildman–Crippen LogP) is 5.33. The van der Waals surface area contributed by atoms with Gasteiger partial charge in [-0.1, -0.05) is 35.3 Å². The summed E-state index contributed by atoms with van der Waals surface area (Å²) in [6.07, 6.45) is 2.07. The first-order chi connectivity index (χ1) is 8.67. The summed E-state index contributed by atoms with van der Waals surface area (Å²) < 4.78 is 0. The van der Waals surface area contributed by atoms with Crippen molar-refractivity contribution >= 4 is 40.7 Å². The van der Waals surface area contributed by atoms with Crippen molar-refractivity contribution in [1.82, 2.24) is 0 Å². The fraction of sp³-hybridized carbons (Fsp3) is 0.143. The number of hydrogen-bond acceptors (Lipinski definition) is 2. The van der Waals surface area contributed by atoms with E-state index >= 15 is 0 Å². The van der Waals surface area contributed by atoms with Gasteiger partial charge in [-0.25, -0.2) is 0 Å². The molecule has 0 atom stereocenters. The van der Waals surface area contributed by atoms with E-state index in [1.165, 1.54) is 10.5 Å². The normalized spacial score (nSPS) is 10.4. The van der Waals surface area contributed by atoms with Crippen LogP contribution in [0.4, 0.5) is 5.69 Å². The van der Waals surface area contributed by atoms with Gasteiger partial charge in [0, 0.05) is 27.2 Å². The van der Waals surface area contributed by atoms with Gasteiger partial charge in [0.05, 0.1) is 0 Å². The second-order valence-corrected chi connectivity index (χ2v) is 5.61. The van der Waals surface area contributed by atoms with Crippen LogP contribution in [0.2, 0.25) is 10.0 Å². The van der Waals surface area contributed by atoms with Gasteiger partial charge in [-0.3, -0.25) is 0 Å². The van der Waals surface area contributed by atoms with Crippen LogP contribution in [-0.2, 0) is 6.54 Å². The van der Waals surface area contributed by atoms with Crippen molar-refractivity contribution in [3.63, 3.8) is 0 Å². The number of benzene rings is 2. The Morgan fingerprint density at radius 1 is 1.00 bits per heavy atom. The van der Waals surface area contributed by atoms with Gasteiger partial charge in [0.1, 0.15) is 0 Å². The largest absolute Gasteiger partial charge is 0.381 e. The summed E-state index contributed by atoms with van der Waals surface area (Å²) in [5.74, 6) is 0. The molecule has 1 N–H and O–H groups in total. The lowest BCUT2D eigenvalue weighted by atomic mass is 10.2. The van der Waals surface area contributed by atoms with Gasteiger partial charge in [-0.15, -0.1) is 11.8 Å². The highest BCUT2D eigenvalue weighted by atomic mass is 35.5. The molecule has 2 aromatic carbocycles. The van der Waals surface area contributed by atoms with Crippen LogP contribution in [0.5, 0.6) is 0 Å². The van der Waals surface area contributed by atoms with Gasteiger partial charge in [0.25, 0.3) is 0 Å². The topological polar surface area (TPSA) is 12.0 Å². The maximum Gasteiger partial charge on any atom is 0.0441 e. The van der Waals surface area contributed by atoms with Crippen molar-refractivity contribution in [2.24, 2.45) is 0 Å². The highest BCUT2D eigenvalue weighted by Crippen LogP contribution is 2.23. The molecular weight excluding hydrogens is 285 g/mol. The molecule has 0 aliphatic carbocycles. The zero-order valence-electron chi connectivity index (χ0n) is 9.91. The monoisotopic (exact) mass is 297 g/mol. The molecule has 0 aromatic heterocycles. The predicted molar refractivity (Wildman–Crippen MR) is 82.0 cm³/mol. The Hall–Kier alpha value is -0.830. The van der Waals surface area contributed by atoms with E-state index in [1.54, 1.807) is 17.8 Å². The summed E-state index contributed by atoms with van der Waals surface area (Å²) in [5.41, 5.74) is 2.16. The fourth-order valence-electron chi connectivity index (χ4n) is 1.60. The van der Waals surface area contributed by atoms with Crippen molar-refractivity contribution < 1.29 is 0 Å². The summed E-state index contributed by atoms with van der Waals surface area (Å²) in [7, 11) is 0. The van der Waals surface area contributed by atoms with Crippen molar-refractivity contribution in [1.29, 1.82) is 0 Å². The Morgan fingerprint density at radius 3 is 2.17 bits per heavy atom. The zero-order valence-corrected chi connectivity index (χ0v) is 12.2. The van der Waals surface area contributed by atoms with Crippen molar-refractivity contribution in [2.75, 3.05) is 11.6 Å². The lowest BCUT2D eigenvalue weighted by molar-refractivity contribution is 1.14. The van der Waals surface area contributed by atoms with Crippen LogP contribution in [-0.4, -0.2) is 6.26 Å². The minimum atomic E-state index is 0.641. The molecule has 0 aliphatic heterocycles. The van der Waals surface area contributed by atoms with Crippen LogP contribution < -0.4 is 5.32 Å². The molecule has 0 saturated carbocycles. The zero-order chi connectivity index (χ0) is 13.0. The van der Waals surface area contributed by atoms with Gasteiger partial charge < -0.3 is 5.32 Å². The van der Waals surface area contributed by atoms with Crippen molar-refractivity contribution in [2.45, 2.75) is 11.4 Å². The molecule has 2 aromatic rings. The van der Waals surface area contributed by atoms with Crippen LogP contribution in [0.15, 0.2) is 47.4 Å². The van der Waals surface area contributed by atoms with Gasteiger partial charge in [-0.05, 0) is 42.2 Å². The SMILES string of the molecule is CSc1ccc(CNc2cc(Cl)cc(Cl)c2)cc1. The molecule has 1 nitrogen and oxygen atoms in total. The molecule has 0 heterocycles. The molecule has 0 saturated heterocycles. The maximum atomic E-state index is 5.94. The summed E-state index contributed by atoms with van der Waals surface area (Å²) in [5, 5.41) is 4.59. The molecule has 0 aliphatic rings. The van der Waals surface area contributed by atoms with Gasteiger partial charge in [-0.2, -0.15) is 0 Å². The molecule has 0 spiro atoms. The second-order valence-electron chi connectivity index (χ2n) is 3.86. The fourth-order valence-corrected chi connectivity index (χ4v) is 2.54. The Bertz CT molecular complexity index is 506. The molecule has 0 fully saturated rings. The van der Waals surface area contributed by atoms with E-state index in [-0.39, 0.29) is 0 Å². The molecule has 4 heteroatoms. The third kappa shape index (κ3) is 3.84. The average molecular weight is 298 g/mol. The quantitative estimate of drug-likeness (QED) is 0.766. The lowest BCUT2D eigenvalue weighted by Gasteiger charge is -2.08. The van der Waals surface area contributed by atoms with E-state index in [4.69, 9.17) is 23.2 Å². The molecule has 0 radical (unpaired) electrons. The summed E-state index contributed by atoms with van der Waals surface area (Å²) >= 11 is 13.6. The van der Waals surface area contributed by atoms with E-state index in [0.717, 1.165) is 12.2 Å². The highest BCUT2D eigenvalue weighted by molar-refractivity contribution is 7.98. The van der Waals surface area contributed by atoms with E-state index in [2.05, 4.69) is 35.8 Å². The second kappa shape index (κ2) is 6.37. The first kappa shape index (κ1) is 13.6. The first-order valence-electron chi connectivity index (χ1n) is 5.50. The van der Waals surface area contributed by atoms with Gasteiger partial charge in [0.15, 0.2) is 0 Å². The minimum Gasteiger partial charge on any atom is -0.381 e. The Morgan fingerprint density at radius 2 is 1.61 bits per heavy atom. The molecule has 2 rings (SSSR count). The van der Waals surface area contributed by atoms with Crippen LogP contribution >= 0.6 is 35.0 Å². The third-order valence-corrected chi connectivity index (χ3v) is 3.70. The average Bonchev–Trinajstić information content (AvgIpc) is 2.36. The maximum absolute atomic E-state index is 5.94. The summed E-state index contributed by atoms with van der Waals surface area (Å²) in [4.78, 5) is 1.27. The molecule has 94 valence electrons. The Labute approximate surface area is 121 Å². The number of hydrogen-bond donors (Lipinski definition) is 1. The number of nitrogens with one attached hydrogen (secondary N) is 1. The first-order valence-corrected chi connectivity index (χ1v) is 7.48. The smallest absolute Gasteiger partial charge is 0.0441 e.